The minimum absolute atomic E-state index is 0.0219. The number of carboxylic acid groups (broad SMARTS) is 1. The molecule has 0 aliphatic heterocycles. The lowest BCUT2D eigenvalue weighted by Crippen LogP contribution is -1.97. The molecular formula is C18H14N2O5S. The fourth-order valence-corrected chi connectivity index (χ4v) is 3.29. The molecule has 0 aliphatic carbocycles. The highest BCUT2D eigenvalue weighted by atomic mass is 32.1. The van der Waals surface area contributed by atoms with Gasteiger partial charge < -0.3 is 9.84 Å². The Balaban J connectivity index is 1.82. The number of nitrogens with zero attached hydrogens (tertiary/aromatic N) is 2. The summed E-state index contributed by atoms with van der Waals surface area (Å²) in [5.74, 6) is -0.438. The molecule has 0 spiro atoms. The SMILES string of the molecule is Cc1nc(-c2ccccc2OCc2ccc([N+](=O)[O-])cc2)sc1C(=O)O. The molecule has 2 aromatic carbocycles. The fraction of sp³-hybridized carbons (Fsp3) is 0.111. The molecule has 0 saturated carbocycles. The van der Waals surface area contributed by atoms with Crippen molar-refractivity contribution in [2.45, 2.75) is 13.5 Å². The molecule has 1 aromatic heterocycles. The molecule has 132 valence electrons. The third kappa shape index (κ3) is 3.70. The van der Waals surface area contributed by atoms with Gasteiger partial charge in [0.25, 0.3) is 5.69 Å². The fourth-order valence-electron chi connectivity index (χ4n) is 2.35. The Morgan fingerprint density at radius 2 is 1.92 bits per heavy atom. The molecule has 1 heterocycles. The van der Waals surface area contributed by atoms with Gasteiger partial charge in [0, 0.05) is 12.1 Å². The van der Waals surface area contributed by atoms with E-state index in [-0.39, 0.29) is 17.2 Å². The van der Waals surface area contributed by atoms with Crippen molar-refractivity contribution >= 4 is 23.0 Å². The zero-order valence-corrected chi connectivity index (χ0v) is 14.5. The Morgan fingerprint density at radius 1 is 1.23 bits per heavy atom. The number of aryl methyl sites for hydroxylation is 1. The Bertz CT molecular complexity index is 966. The summed E-state index contributed by atoms with van der Waals surface area (Å²) in [5.41, 5.74) is 1.97. The first-order chi connectivity index (χ1) is 12.5. The molecular weight excluding hydrogens is 356 g/mol. The van der Waals surface area contributed by atoms with Gasteiger partial charge in [0.1, 0.15) is 22.2 Å². The van der Waals surface area contributed by atoms with Crippen LogP contribution in [0.5, 0.6) is 5.75 Å². The molecule has 0 aliphatic rings. The van der Waals surface area contributed by atoms with Crippen molar-refractivity contribution in [2.24, 2.45) is 0 Å². The van der Waals surface area contributed by atoms with Gasteiger partial charge in [0.15, 0.2) is 0 Å². The molecule has 7 nitrogen and oxygen atoms in total. The largest absolute Gasteiger partial charge is 0.488 e. The molecule has 1 N–H and O–H groups in total. The number of carbonyl (C=O) groups is 1. The number of aromatic carboxylic acids is 1. The van der Waals surface area contributed by atoms with Crippen LogP contribution in [0.4, 0.5) is 5.69 Å². The number of para-hydroxylation sites is 1. The van der Waals surface area contributed by atoms with Crippen LogP contribution < -0.4 is 4.74 Å². The van der Waals surface area contributed by atoms with E-state index in [1.54, 1.807) is 25.1 Å². The topological polar surface area (TPSA) is 103 Å². The third-order valence-corrected chi connectivity index (χ3v) is 4.83. The summed E-state index contributed by atoms with van der Waals surface area (Å²) in [7, 11) is 0. The van der Waals surface area contributed by atoms with Gasteiger partial charge in [0.05, 0.1) is 16.2 Å². The van der Waals surface area contributed by atoms with Crippen LogP contribution in [0, 0.1) is 17.0 Å². The Labute approximate surface area is 152 Å². The molecule has 0 radical (unpaired) electrons. The van der Waals surface area contributed by atoms with Gasteiger partial charge in [-0.05, 0) is 36.8 Å². The monoisotopic (exact) mass is 370 g/mol. The van der Waals surface area contributed by atoms with E-state index in [1.807, 2.05) is 18.2 Å². The van der Waals surface area contributed by atoms with Gasteiger partial charge in [-0.25, -0.2) is 9.78 Å². The van der Waals surface area contributed by atoms with Crippen LogP contribution in [0.3, 0.4) is 0 Å². The van der Waals surface area contributed by atoms with Gasteiger partial charge in [-0.1, -0.05) is 12.1 Å². The van der Waals surface area contributed by atoms with Crippen molar-refractivity contribution in [3.63, 3.8) is 0 Å². The molecule has 8 heteroatoms. The molecule has 0 atom stereocenters. The molecule has 0 unspecified atom stereocenters. The van der Waals surface area contributed by atoms with E-state index in [2.05, 4.69) is 4.98 Å². The number of carboxylic acids is 1. The molecule has 3 aromatic rings. The van der Waals surface area contributed by atoms with Crippen molar-refractivity contribution in [3.8, 4) is 16.3 Å². The summed E-state index contributed by atoms with van der Waals surface area (Å²) < 4.78 is 5.84. The minimum atomic E-state index is -1.00. The summed E-state index contributed by atoms with van der Waals surface area (Å²) in [6, 6.07) is 13.3. The second-order valence-corrected chi connectivity index (χ2v) is 6.45. The Kier molecular flexibility index (Phi) is 4.94. The average Bonchev–Trinajstić information content (AvgIpc) is 3.02. The number of ether oxygens (including phenoxy) is 1. The zero-order valence-electron chi connectivity index (χ0n) is 13.7. The summed E-state index contributed by atoms with van der Waals surface area (Å²) in [5, 5.41) is 20.5. The average molecular weight is 370 g/mol. The van der Waals surface area contributed by atoms with Crippen molar-refractivity contribution in [3.05, 3.63) is 74.8 Å². The maximum Gasteiger partial charge on any atom is 0.347 e. The van der Waals surface area contributed by atoms with E-state index < -0.39 is 10.9 Å². The quantitative estimate of drug-likeness (QED) is 0.512. The predicted molar refractivity (Wildman–Crippen MR) is 96.7 cm³/mol. The third-order valence-electron chi connectivity index (χ3n) is 3.65. The number of nitro groups is 1. The number of aromatic nitrogens is 1. The van der Waals surface area contributed by atoms with E-state index in [0.29, 0.717) is 22.0 Å². The number of thiazole rings is 1. The maximum absolute atomic E-state index is 11.2. The maximum atomic E-state index is 11.2. The van der Waals surface area contributed by atoms with Crippen LogP contribution >= 0.6 is 11.3 Å². The van der Waals surface area contributed by atoms with Gasteiger partial charge in [0.2, 0.25) is 0 Å². The summed E-state index contributed by atoms with van der Waals surface area (Å²) in [4.78, 5) is 26.0. The number of non-ortho nitro benzene ring substituents is 1. The standard InChI is InChI=1S/C18H14N2O5S/c1-11-16(18(21)22)26-17(19-11)14-4-2-3-5-15(14)25-10-12-6-8-13(9-7-12)20(23)24/h2-9H,10H2,1H3,(H,21,22). The van der Waals surface area contributed by atoms with Crippen LogP contribution in [-0.2, 0) is 6.61 Å². The molecule has 0 bridgehead atoms. The highest BCUT2D eigenvalue weighted by Crippen LogP contribution is 2.34. The normalized spacial score (nSPS) is 10.5. The second-order valence-electron chi connectivity index (χ2n) is 5.45. The number of benzene rings is 2. The molecule has 0 amide bonds. The van der Waals surface area contributed by atoms with Crippen LogP contribution in [0.15, 0.2) is 48.5 Å². The summed E-state index contributed by atoms with van der Waals surface area (Å²) in [6.45, 7) is 1.88. The lowest BCUT2D eigenvalue weighted by molar-refractivity contribution is -0.384. The number of hydrogen-bond acceptors (Lipinski definition) is 6. The first kappa shape index (κ1) is 17.6. The number of nitro benzene ring substituents is 1. The van der Waals surface area contributed by atoms with Crippen molar-refractivity contribution in [1.29, 1.82) is 0 Å². The lowest BCUT2D eigenvalue weighted by atomic mass is 10.2. The van der Waals surface area contributed by atoms with E-state index >= 15 is 0 Å². The first-order valence-corrected chi connectivity index (χ1v) is 8.43. The van der Waals surface area contributed by atoms with Crippen LogP contribution in [0.1, 0.15) is 20.9 Å². The van der Waals surface area contributed by atoms with Crippen molar-refractivity contribution in [1.82, 2.24) is 4.98 Å². The predicted octanol–water partition coefficient (Wildman–Crippen LogP) is 4.30. The lowest BCUT2D eigenvalue weighted by Gasteiger charge is -2.10. The molecule has 26 heavy (non-hydrogen) atoms. The van der Waals surface area contributed by atoms with Gasteiger partial charge in [-0.3, -0.25) is 10.1 Å². The summed E-state index contributed by atoms with van der Waals surface area (Å²) in [6.07, 6.45) is 0. The van der Waals surface area contributed by atoms with Gasteiger partial charge in [-0.2, -0.15) is 0 Å². The van der Waals surface area contributed by atoms with Crippen molar-refractivity contribution in [2.75, 3.05) is 0 Å². The van der Waals surface area contributed by atoms with E-state index in [0.717, 1.165) is 16.9 Å². The van der Waals surface area contributed by atoms with Crippen LogP contribution in [0.25, 0.3) is 10.6 Å². The van der Waals surface area contributed by atoms with Crippen LogP contribution in [-0.4, -0.2) is 21.0 Å². The minimum Gasteiger partial charge on any atom is -0.488 e. The second kappa shape index (κ2) is 7.32. The molecule has 3 rings (SSSR count). The zero-order chi connectivity index (χ0) is 18.7. The number of hydrogen-bond donors (Lipinski definition) is 1. The Hall–Kier alpha value is -3.26. The number of rotatable bonds is 6. The highest BCUT2D eigenvalue weighted by Gasteiger charge is 2.17. The van der Waals surface area contributed by atoms with Crippen LogP contribution in [0.2, 0.25) is 0 Å². The molecule has 0 fully saturated rings. The van der Waals surface area contributed by atoms with Crippen molar-refractivity contribution < 1.29 is 19.6 Å². The summed E-state index contributed by atoms with van der Waals surface area (Å²) >= 11 is 1.10. The smallest absolute Gasteiger partial charge is 0.347 e. The Morgan fingerprint density at radius 3 is 2.54 bits per heavy atom. The van der Waals surface area contributed by atoms with E-state index in [9.17, 15) is 20.0 Å². The highest BCUT2D eigenvalue weighted by molar-refractivity contribution is 7.17. The van der Waals surface area contributed by atoms with Gasteiger partial charge >= 0.3 is 5.97 Å². The van der Waals surface area contributed by atoms with E-state index in [1.165, 1.54) is 12.1 Å². The van der Waals surface area contributed by atoms with E-state index in [4.69, 9.17) is 4.74 Å². The molecule has 0 saturated heterocycles. The van der Waals surface area contributed by atoms with Gasteiger partial charge in [-0.15, -0.1) is 11.3 Å². The first-order valence-electron chi connectivity index (χ1n) is 7.62.